The van der Waals surface area contributed by atoms with Crippen molar-refractivity contribution in [2.24, 2.45) is 0 Å². The number of nitrogens with one attached hydrogen (secondary N) is 1. The minimum absolute atomic E-state index is 0.355. The van der Waals surface area contributed by atoms with E-state index >= 15 is 0 Å². The van der Waals surface area contributed by atoms with E-state index in [1.54, 1.807) is 18.4 Å². The van der Waals surface area contributed by atoms with Crippen LogP contribution in [0.4, 0.5) is 0 Å². The summed E-state index contributed by atoms with van der Waals surface area (Å²) < 4.78 is 5.17. The lowest BCUT2D eigenvalue weighted by atomic mass is 10.0. The summed E-state index contributed by atoms with van der Waals surface area (Å²) in [5, 5.41) is 15.9. The third-order valence-electron chi connectivity index (χ3n) is 3.87. The Bertz CT molecular complexity index is 549. The topological polar surface area (TPSA) is 41.5 Å². The molecule has 0 aliphatic heterocycles. The molecular formula is C18H25NO2S. The summed E-state index contributed by atoms with van der Waals surface area (Å²) in [5.74, 6) is 0.891. The second-order valence-corrected chi connectivity index (χ2v) is 6.87. The largest absolute Gasteiger partial charge is 0.497 e. The van der Waals surface area contributed by atoms with Gasteiger partial charge in [-0.15, -0.1) is 11.3 Å². The van der Waals surface area contributed by atoms with Crippen molar-refractivity contribution >= 4 is 11.3 Å². The molecule has 120 valence electrons. The Balaban J connectivity index is 1.76. The standard InChI is InChI=1S/C18H25NO2S/c1-14(6-7-15-8-10-16(21-3)11-9-15)19-13-18(2,20)17-5-4-12-22-17/h4-5,8-12,14,19-20H,6-7,13H2,1-3H3. The first-order valence-corrected chi connectivity index (χ1v) is 8.52. The van der Waals surface area contributed by atoms with Gasteiger partial charge in [-0.05, 0) is 55.8 Å². The summed E-state index contributed by atoms with van der Waals surface area (Å²) in [7, 11) is 1.68. The average Bonchev–Trinajstić information content (AvgIpc) is 3.07. The van der Waals surface area contributed by atoms with Crippen LogP contribution in [0, 0.1) is 0 Å². The highest BCUT2D eigenvalue weighted by molar-refractivity contribution is 7.10. The molecule has 1 heterocycles. The van der Waals surface area contributed by atoms with Gasteiger partial charge < -0.3 is 15.2 Å². The van der Waals surface area contributed by atoms with Crippen molar-refractivity contribution in [1.29, 1.82) is 0 Å². The van der Waals surface area contributed by atoms with Gasteiger partial charge in [-0.1, -0.05) is 18.2 Å². The van der Waals surface area contributed by atoms with E-state index in [4.69, 9.17) is 4.74 Å². The molecule has 0 saturated carbocycles. The fraction of sp³-hybridized carbons (Fsp3) is 0.444. The molecule has 2 aromatic rings. The van der Waals surface area contributed by atoms with E-state index in [0.29, 0.717) is 12.6 Å². The van der Waals surface area contributed by atoms with Crippen molar-refractivity contribution in [2.45, 2.75) is 38.3 Å². The number of methoxy groups -OCH3 is 1. The van der Waals surface area contributed by atoms with Crippen LogP contribution >= 0.6 is 11.3 Å². The summed E-state index contributed by atoms with van der Waals surface area (Å²) in [6.07, 6.45) is 2.05. The van der Waals surface area contributed by atoms with Crippen LogP contribution in [0.2, 0.25) is 0 Å². The van der Waals surface area contributed by atoms with Gasteiger partial charge in [-0.3, -0.25) is 0 Å². The molecule has 1 aromatic carbocycles. The molecule has 0 saturated heterocycles. The lowest BCUT2D eigenvalue weighted by Crippen LogP contribution is -2.39. The summed E-state index contributed by atoms with van der Waals surface area (Å²) in [4.78, 5) is 1.00. The number of rotatable bonds is 8. The lowest BCUT2D eigenvalue weighted by molar-refractivity contribution is 0.0578. The molecule has 2 N–H and O–H groups in total. The second-order valence-electron chi connectivity index (χ2n) is 5.92. The van der Waals surface area contributed by atoms with Crippen molar-refractivity contribution in [1.82, 2.24) is 5.32 Å². The fourth-order valence-electron chi connectivity index (χ4n) is 2.32. The van der Waals surface area contributed by atoms with Gasteiger partial charge >= 0.3 is 0 Å². The highest BCUT2D eigenvalue weighted by atomic mass is 32.1. The third kappa shape index (κ3) is 4.83. The molecule has 2 unspecified atom stereocenters. The molecule has 0 aliphatic rings. The monoisotopic (exact) mass is 319 g/mol. The van der Waals surface area contributed by atoms with Crippen molar-refractivity contribution in [3.63, 3.8) is 0 Å². The quantitative estimate of drug-likeness (QED) is 0.781. The van der Waals surface area contributed by atoms with Crippen molar-refractivity contribution < 1.29 is 9.84 Å². The molecule has 22 heavy (non-hydrogen) atoms. The van der Waals surface area contributed by atoms with Crippen LogP contribution in [0.5, 0.6) is 5.75 Å². The highest BCUT2D eigenvalue weighted by Crippen LogP contribution is 2.24. The SMILES string of the molecule is COc1ccc(CCC(C)NCC(C)(O)c2cccs2)cc1. The highest BCUT2D eigenvalue weighted by Gasteiger charge is 2.24. The summed E-state index contributed by atoms with van der Waals surface area (Å²) in [6, 6.07) is 12.5. The number of hydrogen-bond donors (Lipinski definition) is 2. The van der Waals surface area contributed by atoms with Crippen LogP contribution in [0.15, 0.2) is 41.8 Å². The summed E-state index contributed by atoms with van der Waals surface area (Å²) in [5.41, 5.74) is 0.502. The van der Waals surface area contributed by atoms with Gasteiger partial charge in [0.05, 0.1) is 7.11 Å². The Hall–Kier alpha value is -1.36. The van der Waals surface area contributed by atoms with Crippen molar-refractivity contribution in [3.8, 4) is 5.75 Å². The lowest BCUT2D eigenvalue weighted by Gasteiger charge is -2.25. The van der Waals surface area contributed by atoms with Gasteiger partial charge in [0.1, 0.15) is 11.4 Å². The van der Waals surface area contributed by atoms with Gasteiger partial charge in [-0.2, -0.15) is 0 Å². The van der Waals surface area contributed by atoms with Gasteiger partial charge in [0.25, 0.3) is 0 Å². The van der Waals surface area contributed by atoms with E-state index in [0.717, 1.165) is 23.5 Å². The Morgan fingerprint density at radius 2 is 2.00 bits per heavy atom. The van der Waals surface area contributed by atoms with Crippen molar-refractivity contribution in [2.75, 3.05) is 13.7 Å². The Labute approximate surface area is 137 Å². The molecule has 0 radical (unpaired) electrons. The minimum Gasteiger partial charge on any atom is -0.497 e. The summed E-state index contributed by atoms with van der Waals surface area (Å²) in [6.45, 7) is 4.59. The summed E-state index contributed by atoms with van der Waals surface area (Å²) >= 11 is 1.59. The second kappa shape index (κ2) is 7.77. The fourth-order valence-corrected chi connectivity index (χ4v) is 3.11. The van der Waals surface area contributed by atoms with Crippen molar-refractivity contribution in [3.05, 3.63) is 52.2 Å². The zero-order valence-corrected chi connectivity index (χ0v) is 14.3. The molecule has 3 nitrogen and oxygen atoms in total. The first-order chi connectivity index (χ1) is 10.5. The van der Waals surface area contributed by atoms with E-state index in [9.17, 15) is 5.11 Å². The van der Waals surface area contributed by atoms with E-state index < -0.39 is 5.60 Å². The molecule has 1 aromatic heterocycles. The van der Waals surface area contributed by atoms with Gasteiger partial charge in [0.2, 0.25) is 0 Å². The van der Waals surface area contributed by atoms with Crippen LogP contribution in [-0.2, 0) is 12.0 Å². The van der Waals surface area contributed by atoms with E-state index in [2.05, 4.69) is 24.4 Å². The maximum atomic E-state index is 10.5. The van der Waals surface area contributed by atoms with Crippen LogP contribution in [0.25, 0.3) is 0 Å². The first-order valence-electron chi connectivity index (χ1n) is 7.64. The number of ether oxygens (including phenoxy) is 1. The maximum absolute atomic E-state index is 10.5. The van der Waals surface area contributed by atoms with Gasteiger partial charge in [0.15, 0.2) is 0 Å². The molecule has 0 amide bonds. The zero-order chi connectivity index (χ0) is 16.0. The molecule has 2 atom stereocenters. The van der Waals surface area contributed by atoms with Crippen LogP contribution in [0.1, 0.15) is 30.7 Å². The average molecular weight is 319 g/mol. The third-order valence-corrected chi connectivity index (χ3v) is 4.99. The van der Waals surface area contributed by atoms with E-state index in [-0.39, 0.29) is 0 Å². The maximum Gasteiger partial charge on any atom is 0.118 e. The minimum atomic E-state index is -0.803. The normalized spacial score (nSPS) is 15.3. The van der Waals surface area contributed by atoms with Crippen LogP contribution in [-0.4, -0.2) is 24.8 Å². The molecule has 2 rings (SSSR count). The van der Waals surface area contributed by atoms with E-state index in [1.807, 2.05) is 36.6 Å². The first kappa shape index (κ1) is 17.0. The molecule has 0 aliphatic carbocycles. The predicted octanol–water partition coefficient (Wildman–Crippen LogP) is 3.58. The van der Waals surface area contributed by atoms with Gasteiger partial charge in [0, 0.05) is 17.5 Å². The Morgan fingerprint density at radius 1 is 1.27 bits per heavy atom. The van der Waals surface area contributed by atoms with Crippen LogP contribution < -0.4 is 10.1 Å². The molecule has 0 fully saturated rings. The molecular weight excluding hydrogens is 294 g/mol. The number of aliphatic hydroxyl groups is 1. The smallest absolute Gasteiger partial charge is 0.118 e. The van der Waals surface area contributed by atoms with E-state index in [1.165, 1.54) is 5.56 Å². The Kier molecular flexibility index (Phi) is 6.00. The Morgan fingerprint density at radius 3 is 2.59 bits per heavy atom. The molecule has 0 bridgehead atoms. The zero-order valence-electron chi connectivity index (χ0n) is 13.5. The molecule has 4 heteroatoms. The predicted molar refractivity (Wildman–Crippen MR) is 92.7 cm³/mol. The number of benzene rings is 1. The van der Waals surface area contributed by atoms with Crippen LogP contribution in [0.3, 0.4) is 0 Å². The van der Waals surface area contributed by atoms with Gasteiger partial charge in [-0.25, -0.2) is 0 Å². The number of thiophene rings is 1. The number of aryl methyl sites for hydroxylation is 1. The number of hydrogen-bond acceptors (Lipinski definition) is 4. The molecule has 0 spiro atoms.